The number of aromatic nitrogens is 3. The predicted octanol–water partition coefficient (Wildman–Crippen LogP) is 1.39. The van der Waals surface area contributed by atoms with Crippen molar-refractivity contribution in [3.63, 3.8) is 0 Å². The van der Waals surface area contributed by atoms with E-state index in [9.17, 15) is 4.79 Å². The fourth-order valence-electron chi connectivity index (χ4n) is 1.91. The van der Waals surface area contributed by atoms with Gasteiger partial charge in [0.15, 0.2) is 5.82 Å². The molecule has 0 amide bonds. The molecule has 0 aliphatic carbocycles. The number of aromatic amines is 1. The van der Waals surface area contributed by atoms with Crippen LogP contribution < -0.4 is 5.32 Å². The SMILES string of the molecule is O=C(c1ncc[nH]1)C1CSC(c2cccnc2)N1. The molecule has 2 N–H and O–H groups in total. The lowest BCUT2D eigenvalue weighted by molar-refractivity contribution is 0.0946. The van der Waals surface area contributed by atoms with Gasteiger partial charge in [0.2, 0.25) is 5.78 Å². The normalized spacial score (nSPS) is 23.1. The lowest BCUT2D eigenvalue weighted by atomic mass is 10.2. The topological polar surface area (TPSA) is 70.7 Å². The van der Waals surface area contributed by atoms with Gasteiger partial charge in [0, 0.05) is 30.5 Å². The van der Waals surface area contributed by atoms with E-state index in [1.54, 1.807) is 30.4 Å². The van der Waals surface area contributed by atoms with Crippen molar-refractivity contribution >= 4 is 17.5 Å². The summed E-state index contributed by atoms with van der Waals surface area (Å²) in [6, 6.07) is 3.72. The maximum Gasteiger partial charge on any atom is 0.215 e. The highest BCUT2D eigenvalue weighted by atomic mass is 32.2. The van der Waals surface area contributed by atoms with Gasteiger partial charge in [-0.15, -0.1) is 11.8 Å². The first-order chi connectivity index (χ1) is 8.84. The minimum Gasteiger partial charge on any atom is -0.342 e. The molecule has 0 spiro atoms. The maximum atomic E-state index is 12.1. The first-order valence-electron chi connectivity index (χ1n) is 5.66. The van der Waals surface area contributed by atoms with Crippen molar-refractivity contribution in [1.82, 2.24) is 20.3 Å². The van der Waals surface area contributed by atoms with Crippen molar-refractivity contribution < 1.29 is 4.79 Å². The Balaban J connectivity index is 1.71. The molecule has 18 heavy (non-hydrogen) atoms. The molecular formula is C12H12N4OS. The molecule has 5 nitrogen and oxygen atoms in total. The van der Waals surface area contributed by atoms with Crippen LogP contribution >= 0.6 is 11.8 Å². The summed E-state index contributed by atoms with van der Waals surface area (Å²) in [4.78, 5) is 23.0. The van der Waals surface area contributed by atoms with Gasteiger partial charge < -0.3 is 4.98 Å². The average Bonchev–Trinajstić information content (AvgIpc) is 3.10. The van der Waals surface area contributed by atoms with Crippen LogP contribution in [0.25, 0.3) is 0 Å². The second kappa shape index (κ2) is 4.91. The second-order valence-corrected chi connectivity index (χ2v) is 5.16. The van der Waals surface area contributed by atoms with Gasteiger partial charge in [-0.25, -0.2) is 4.98 Å². The fraction of sp³-hybridized carbons (Fsp3) is 0.250. The van der Waals surface area contributed by atoms with E-state index in [1.807, 2.05) is 18.3 Å². The lowest BCUT2D eigenvalue weighted by Crippen LogP contribution is -2.34. The molecule has 2 unspecified atom stereocenters. The summed E-state index contributed by atoms with van der Waals surface area (Å²) in [6.07, 6.45) is 6.82. The van der Waals surface area contributed by atoms with Crippen molar-refractivity contribution in [3.8, 4) is 0 Å². The van der Waals surface area contributed by atoms with Gasteiger partial charge in [0.1, 0.15) is 0 Å². The minimum absolute atomic E-state index is 0.0129. The van der Waals surface area contributed by atoms with Gasteiger partial charge >= 0.3 is 0 Å². The van der Waals surface area contributed by atoms with Crippen molar-refractivity contribution in [2.45, 2.75) is 11.4 Å². The zero-order chi connectivity index (χ0) is 12.4. The number of rotatable bonds is 3. The maximum absolute atomic E-state index is 12.1. The molecule has 0 bridgehead atoms. The van der Waals surface area contributed by atoms with Crippen LogP contribution in [0.4, 0.5) is 0 Å². The number of pyridine rings is 1. The van der Waals surface area contributed by atoms with Gasteiger partial charge in [-0.05, 0) is 11.6 Å². The van der Waals surface area contributed by atoms with E-state index in [1.165, 1.54) is 0 Å². The summed E-state index contributed by atoms with van der Waals surface area (Å²) >= 11 is 1.72. The Morgan fingerprint density at radius 2 is 2.39 bits per heavy atom. The van der Waals surface area contributed by atoms with Crippen LogP contribution in [0, 0.1) is 0 Å². The summed E-state index contributed by atoms with van der Waals surface area (Å²) < 4.78 is 0. The van der Waals surface area contributed by atoms with Crippen LogP contribution in [0.2, 0.25) is 0 Å². The number of imidazole rings is 1. The number of carbonyl (C=O) groups excluding carboxylic acids is 1. The predicted molar refractivity (Wildman–Crippen MR) is 69.3 cm³/mol. The molecule has 92 valence electrons. The molecule has 3 heterocycles. The largest absolute Gasteiger partial charge is 0.342 e. The first-order valence-corrected chi connectivity index (χ1v) is 6.70. The Bertz CT molecular complexity index is 528. The van der Waals surface area contributed by atoms with Crippen molar-refractivity contribution in [2.75, 3.05) is 5.75 Å². The second-order valence-electron chi connectivity index (χ2n) is 4.02. The number of hydrogen-bond acceptors (Lipinski definition) is 5. The number of ketones is 1. The first kappa shape index (κ1) is 11.4. The third-order valence-corrected chi connectivity index (χ3v) is 4.08. The summed E-state index contributed by atoms with van der Waals surface area (Å²) in [7, 11) is 0. The minimum atomic E-state index is -0.189. The van der Waals surface area contributed by atoms with E-state index < -0.39 is 0 Å². The number of nitrogens with zero attached hydrogens (tertiary/aromatic N) is 2. The van der Waals surface area contributed by atoms with E-state index in [-0.39, 0.29) is 17.2 Å². The van der Waals surface area contributed by atoms with Crippen LogP contribution in [-0.2, 0) is 0 Å². The molecule has 2 aromatic heterocycles. The van der Waals surface area contributed by atoms with Crippen LogP contribution in [0.1, 0.15) is 21.6 Å². The van der Waals surface area contributed by atoms with Gasteiger partial charge in [-0.3, -0.25) is 15.1 Å². The highest BCUT2D eigenvalue weighted by molar-refractivity contribution is 7.99. The summed E-state index contributed by atoms with van der Waals surface area (Å²) in [5.74, 6) is 1.18. The summed E-state index contributed by atoms with van der Waals surface area (Å²) in [6.45, 7) is 0. The molecule has 0 saturated carbocycles. The number of Topliss-reactive ketones (excluding diaryl/α,β-unsaturated/α-hetero) is 1. The van der Waals surface area contributed by atoms with Crippen LogP contribution in [0.5, 0.6) is 0 Å². The molecule has 2 aromatic rings. The molecular weight excluding hydrogens is 248 g/mol. The molecule has 1 fully saturated rings. The van der Waals surface area contributed by atoms with Crippen molar-refractivity contribution in [2.24, 2.45) is 0 Å². The van der Waals surface area contributed by atoms with E-state index in [2.05, 4.69) is 20.3 Å². The number of hydrogen-bond donors (Lipinski definition) is 2. The zero-order valence-corrected chi connectivity index (χ0v) is 10.4. The monoisotopic (exact) mass is 260 g/mol. The number of thioether (sulfide) groups is 1. The lowest BCUT2D eigenvalue weighted by Gasteiger charge is -2.11. The van der Waals surface area contributed by atoms with Crippen molar-refractivity contribution in [3.05, 3.63) is 48.3 Å². The Morgan fingerprint density at radius 1 is 1.44 bits per heavy atom. The van der Waals surface area contributed by atoms with Crippen molar-refractivity contribution in [1.29, 1.82) is 0 Å². The van der Waals surface area contributed by atoms with Gasteiger partial charge in [-0.1, -0.05) is 6.07 Å². The molecule has 1 saturated heterocycles. The van der Waals surface area contributed by atoms with Gasteiger partial charge in [0.25, 0.3) is 0 Å². The molecule has 0 aromatic carbocycles. The highest BCUT2D eigenvalue weighted by Gasteiger charge is 2.32. The smallest absolute Gasteiger partial charge is 0.215 e. The number of nitrogens with one attached hydrogen (secondary N) is 2. The fourth-order valence-corrected chi connectivity index (χ4v) is 3.14. The Morgan fingerprint density at radius 3 is 3.11 bits per heavy atom. The molecule has 1 aliphatic rings. The van der Waals surface area contributed by atoms with E-state index in [0.717, 1.165) is 11.3 Å². The van der Waals surface area contributed by atoms with Crippen LogP contribution in [0.15, 0.2) is 36.9 Å². The molecule has 6 heteroatoms. The summed E-state index contributed by atoms with van der Waals surface area (Å²) in [5, 5.41) is 3.44. The standard InChI is InChI=1S/C12H12N4OS/c17-10(11-14-4-5-15-11)9-7-18-12(16-9)8-2-1-3-13-6-8/h1-6,9,12,16H,7H2,(H,14,15). The average molecular weight is 260 g/mol. The molecule has 2 atom stereocenters. The highest BCUT2D eigenvalue weighted by Crippen LogP contribution is 2.32. The zero-order valence-electron chi connectivity index (χ0n) is 9.54. The molecule has 3 rings (SSSR count). The van der Waals surface area contributed by atoms with Crippen LogP contribution in [0.3, 0.4) is 0 Å². The van der Waals surface area contributed by atoms with E-state index >= 15 is 0 Å². The third kappa shape index (κ3) is 2.16. The number of carbonyl (C=O) groups is 1. The van der Waals surface area contributed by atoms with E-state index in [0.29, 0.717) is 5.82 Å². The summed E-state index contributed by atoms with van der Waals surface area (Å²) in [5.41, 5.74) is 1.09. The Hall–Kier alpha value is -1.66. The number of H-pyrrole nitrogens is 1. The van der Waals surface area contributed by atoms with Crippen LogP contribution in [-0.4, -0.2) is 32.5 Å². The molecule has 0 radical (unpaired) electrons. The van der Waals surface area contributed by atoms with E-state index in [4.69, 9.17) is 0 Å². The Labute approximate surface area is 108 Å². The quantitative estimate of drug-likeness (QED) is 0.816. The van der Waals surface area contributed by atoms with Gasteiger partial charge in [-0.2, -0.15) is 0 Å². The molecule has 1 aliphatic heterocycles. The van der Waals surface area contributed by atoms with Gasteiger partial charge in [0.05, 0.1) is 11.4 Å². The Kier molecular flexibility index (Phi) is 3.12. The third-order valence-electron chi connectivity index (χ3n) is 2.82.